The van der Waals surface area contributed by atoms with E-state index in [9.17, 15) is 13.2 Å². The number of hydrogen-bond donors (Lipinski definition) is 1. The summed E-state index contributed by atoms with van der Waals surface area (Å²) in [4.78, 5) is 11.6. The highest BCUT2D eigenvalue weighted by Crippen LogP contribution is 2.21. The van der Waals surface area contributed by atoms with Crippen LogP contribution < -0.4 is 4.72 Å². The normalized spacial score (nSPS) is 19.4. The number of carbonyl (C=O) groups excluding carboxylic acids is 1. The molecule has 1 unspecified atom stereocenters. The molecule has 116 valence electrons. The van der Waals surface area contributed by atoms with Gasteiger partial charge < -0.3 is 4.74 Å². The maximum atomic E-state index is 12.0. The molecule has 1 amide bonds. The molecule has 1 heterocycles. The zero-order chi connectivity index (χ0) is 15.3. The van der Waals surface area contributed by atoms with Crippen molar-refractivity contribution in [1.29, 1.82) is 0 Å². The molecule has 6 nitrogen and oxygen atoms in total. The highest BCUT2D eigenvalue weighted by atomic mass is 32.2. The van der Waals surface area contributed by atoms with Gasteiger partial charge in [-0.1, -0.05) is 43.7 Å². The Morgan fingerprint density at radius 2 is 2.10 bits per heavy atom. The van der Waals surface area contributed by atoms with Gasteiger partial charge in [-0.2, -0.15) is 12.7 Å². The van der Waals surface area contributed by atoms with Gasteiger partial charge in [0.15, 0.2) is 0 Å². The first-order valence-corrected chi connectivity index (χ1v) is 8.44. The molecule has 1 aromatic rings. The van der Waals surface area contributed by atoms with Crippen LogP contribution in [0.2, 0.25) is 0 Å². The van der Waals surface area contributed by atoms with Crippen molar-refractivity contribution < 1.29 is 17.9 Å². The van der Waals surface area contributed by atoms with Crippen LogP contribution in [-0.4, -0.2) is 31.9 Å². The van der Waals surface area contributed by atoms with Gasteiger partial charge in [-0.3, -0.25) is 0 Å². The van der Waals surface area contributed by atoms with E-state index in [1.807, 2.05) is 29.8 Å². The van der Waals surface area contributed by atoms with E-state index in [1.165, 1.54) is 4.31 Å². The Hall–Kier alpha value is -1.60. The summed E-state index contributed by atoms with van der Waals surface area (Å²) in [7, 11) is -3.80. The Labute approximate surface area is 125 Å². The molecule has 1 fully saturated rings. The number of nitrogens with zero attached hydrogens (tertiary/aromatic N) is 1. The Morgan fingerprint density at radius 3 is 2.71 bits per heavy atom. The fourth-order valence-corrected chi connectivity index (χ4v) is 3.42. The molecule has 2 rings (SSSR count). The van der Waals surface area contributed by atoms with Crippen LogP contribution in [0.3, 0.4) is 0 Å². The van der Waals surface area contributed by atoms with Crippen molar-refractivity contribution in [1.82, 2.24) is 9.03 Å². The van der Waals surface area contributed by atoms with Crippen molar-refractivity contribution in [3.8, 4) is 0 Å². The van der Waals surface area contributed by atoms with Gasteiger partial charge in [-0.15, -0.1) is 0 Å². The third-order valence-electron chi connectivity index (χ3n) is 3.59. The molecule has 0 radical (unpaired) electrons. The molecule has 0 spiro atoms. The summed E-state index contributed by atoms with van der Waals surface area (Å²) in [5.41, 5.74) is 0.803. The van der Waals surface area contributed by atoms with Gasteiger partial charge in [-0.25, -0.2) is 9.52 Å². The van der Waals surface area contributed by atoms with Gasteiger partial charge in [0.25, 0.3) is 0 Å². The lowest BCUT2D eigenvalue weighted by Gasteiger charge is -2.16. The van der Waals surface area contributed by atoms with E-state index in [1.54, 1.807) is 12.1 Å². The van der Waals surface area contributed by atoms with E-state index < -0.39 is 16.3 Å². The minimum Gasteiger partial charge on any atom is -0.444 e. The molecule has 1 aliphatic heterocycles. The standard InChI is InChI=1S/C14H20N2O4S/c1-2-12-8-9-16(10-12)21(18,19)15-14(17)20-11-13-6-4-3-5-7-13/h3-7,12H,2,8-11H2,1H3,(H,15,17). The third-order valence-corrected chi connectivity index (χ3v) is 5.03. The monoisotopic (exact) mass is 312 g/mol. The summed E-state index contributed by atoms with van der Waals surface area (Å²) in [5, 5.41) is 0. The molecule has 21 heavy (non-hydrogen) atoms. The molecule has 0 bridgehead atoms. The zero-order valence-electron chi connectivity index (χ0n) is 12.0. The minimum absolute atomic E-state index is 0.0414. The molecule has 0 aromatic heterocycles. The van der Waals surface area contributed by atoms with E-state index in [2.05, 4.69) is 0 Å². The summed E-state index contributed by atoms with van der Waals surface area (Å²) in [6, 6.07) is 9.10. The lowest BCUT2D eigenvalue weighted by atomic mass is 10.1. The molecule has 1 saturated heterocycles. The first-order valence-electron chi connectivity index (χ1n) is 7.00. The number of benzene rings is 1. The van der Waals surface area contributed by atoms with Crippen molar-refractivity contribution in [3.63, 3.8) is 0 Å². The highest BCUT2D eigenvalue weighted by molar-refractivity contribution is 7.87. The van der Waals surface area contributed by atoms with E-state index in [-0.39, 0.29) is 6.61 Å². The number of ether oxygens (including phenoxy) is 1. The number of carbonyl (C=O) groups is 1. The van der Waals surface area contributed by atoms with Gasteiger partial charge in [-0.05, 0) is 17.9 Å². The molecular weight excluding hydrogens is 292 g/mol. The van der Waals surface area contributed by atoms with E-state index in [4.69, 9.17) is 4.74 Å². The average molecular weight is 312 g/mol. The summed E-state index contributed by atoms with van der Waals surface area (Å²) < 4.78 is 32.2. The summed E-state index contributed by atoms with van der Waals surface area (Å²) in [5.74, 6) is 0.363. The van der Waals surface area contributed by atoms with Crippen LogP contribution in [0.15, 0.2) is 30.3 Å². The van der Waals surface area contributed by atoms with Gasteiger partial charge in [0, 0.05) is 13.1 Å². The lowest BCUT2D eigenvalue weighted by Crippen LogP contribution is -2.42. The summed E-state index contributed by atoms with van der Waals surface area (Å²) in [6.07, 6.45) is 0.819. The second-order valence-corrected chi connectivity index (χ2v) is 6.76. The SMILES string of the molecule is CCC1CCN(S(=O)(=O)NC(=O)OCc2ccccc2)C1. The zero-order valence-corrected chi connectivity index (χ0v) is 12.8. The number of nitrogens with one attached hydrogen (secondary N) is 1. The minimum atomic E-state index is -3.80. The Morgan fingerprint density at radius 1 is 1.38 bits per heavy atom. The smallest absolute Gasteiger partial charge is 0.422 e. The fourth-order valence-electron chi connectivity index (χ4n) is 2.27. The summed E-state index contributed by atoms with van der Waals surface area (Å²) >= 11 is 0. The van der Waals surface area contributed by atoms with E-state index in [0.29, 0.717) is 19.0 Å². The van der Waals surface area contributed by atoms with Crippen molar-refractivity contribution in [3.05, 3.63) is 35.9 Å². The van der Waals surface area contributed by atoms with Crippen LogP contribution in [0.25, 0.3) is 0 Å². The maximum Gasteiger partial charge on any atom is 0.422 e. The van der Waals surface area contributed by atoms with Crippen molar-refractivity contribution in [2.75, 3.05) is 13.1 Å². The van der Waals surface area contributed by atoms with Crippen LogP contribution in [-0.2, 0) is 21.6 Å². The van der Waals surface area contributed by atoms with E-state index >= 15 is 0 Å². The first kappa shape index (κ1) is 15.8. The van der Waals surface area contributed by atoms with Gasteiger partial charge >= 0.3 is 16.3 Å². The molecule has 1 aliphatic rings. The predicted molar refractivity (Wildman–Crippen MR) is 78.7 cm³/mol. The molecule has 7 heteroatoms. The van der Waals surface area contributed by atoms with Crippen molar-refractivity contribution >= 4 is 16.3 Å². The maximum absolute atomic E-state index is 12.0. The third kappa shape index (κ3) is 4.44. The lowest BCUT2D eigenvalue weighted by molar-refractivity contribution is 0.145. The second-order valence-electron chi connectivity index (χ2n) is 5.09. The average Bonchev–Trinajstić information content (AvgIpc) is 2.96. The topological polar surface area (TPSA) is 75.7 Å². The first-order chi connectivity index (χ1) is 10.0. The predicted octanol–water partition coefficient (Wildman–Crippen LogP) is 1.89. The Kier molecular flexibility index (Phi) is 5.19. The van der Waals surface area contributed by atoms with Gasteiger partial charge in [0.05, 0.1) is 0 Å². The number of rotatable bonds is 5. The molecule has 1 atom stereocenters. The Bertz CT molecular complexity index is 574. The molecule has 1 N–H and O–H groups in total. The summed E-state index contributed by atoms with van der Waals surface area (Å²) in [6.45, 7) is 2.97. The number of amides is 1. The molecule has 0 saturated carbocycles. The molecular formula is C14H20N2O4S. The van der Waals surface area contributed by atoms with Crippen LogP contribution in [0.5, 0.6) is 0 Å². The quantitative estimate of drug-likeness (QED) is 0.901. The van der Waals surface area contributed by atoms with Crippen LogP contribution in [0.4, 0.5) is 4.79 Å². The van der Waals surface area contributed by atoms with Gasteiger partial charge in [0.1, 0.15) is 6.61 Å². The van der Waals surface area contributed by atoms with Crippen LogP contribution >= 0.6 is 0 Å². The second kappa shape index (κ2) is 6.91. The van der Waals surface area contributed by atoms with Gasteiger partial charge in [0.2, 0.25) is 0 Å². The van der Waals surface area contributed by atoms with Crippen molar-refractivity contribution in [2.45, 2.75) is 26.4 Å². The van der Waals surface area contributed by atoms with Crippen LogP contribution in [0, 0.1) is 5.92 Å². The highest BCUT2D eigenvalue weighted by Gasteiger charge is 2.31. The molecule has 1 aromatic carbocycles. The molecule has 0 aliphatic carbocycles. The van der Waals surface area contributed by atoms with E-state index in [0.717, 1.165) is 18.4 Å². The van der Waals surface area contributed by atoms with Crippen LogP contribution in [0.1, 0.15) is 25.3 Å². The fraction of sp³-hybridized carbons (Fsp3) is 0.500. The Balaban J connectivity index is 1.84. The van der Waals surface area contributed by atoms with Crippen molar-refractivity contribution in [2.24, 2.45) is 5.92 Å². The number of hydrogen-bond acceptors (Lipinski definition) is 4. The largest absolute Gasteiger partial charge is 0.444 e.